The van der Waals surface area contributed by atoms with Gasteiger partial charge in [-0.05, 0) is 12.1 Å². The zero-order valence-electron chi connectivity index (χ0n) is 8.66. The van der Waals surface area contributed by atoms with Crippen LogP contribution < -0.4 is 5.73 Å². The average Bonchev–Trinajstić information content (AvgIpc) is 2.46. The summed E-state index contributed by atoms with van der Waals surface area (Å²) in [6.45, 7) is -0.0487. The van der Waals surface area contributed by atoms with Crippen LogP contribution in [0.4, 0.5) is 0 Å². The normalized spacial score (nSPS) is 16.9. The third kappa shape index (κ3) is 1.89. The third-order valence-electron chi connectivity index (χ3n) is 2.32. The number of pyridine rings is 1. The maximum absolute atomic E-state index is 12.0. The van der Waals surface area contributed by atoms with Gasteiger partial charge < -0.3 is 5.73 Å². The van der Waals surface area contributed by atoms with E-state index in [0.717, 1.165) is 4.31 Å². The van der Waals surface area contributed by atoms with Crippen molar-refractivity contribution in [3.8, 4) is 0 Å². The first-order chi connectivity index (χ1) is 7.94. The van der Waals surface area contributed by atoms with Crippen LogP contribution in [0.25, 0.3) is 0 Å². The lowest BCUT2D eigenvalue weighted by Gasteiger charge is -2.13. The van der Waals surface area contributed by atoms with Gasteiger partial charge in [0.25, 0.3) is 15.9 Å². The van der Waals surface area contributed by atoms with Gasteiger partial charge in [-0.25, -0.2) is 9.29 Å². The van der Waals surface area contributed by atoms with E-state index in [0.29, 0.717) is 0 Å². The molecule has 0 bridgehead atoms. The first-order valence-electron chi connectivity index (χ1n) is 4.75. The Balaban J connectivity index is 2.41. The van der Waals surface area contributed by atoms with Gasteiger partial charge in [-0.3, -0.25) is 4.79 Å². The summed E-state index contributed by atoms with van der Waals surface area (Å²) >= 11 is 4.66. The fraction of sp³-hybridized carbons (Fsp3) is 0.222. The highest BCUT2D eigenvalue weighted by atomic mass is 32.2. The van der Waals surface area contributed by atoms with Crippen LogP contribution in [0.2, 0.25) is 0 Å². The van der Waals surface area contributed by atoms with Crippen molar-refractivity contribution in [2.75, 3.05) is 6.54 Å². The van der Waals surface area contributed by atoms with E-state index in [1.807, 2.05) is 0 Å². The van der Waals surface area contributed by atoms with Crippen LogP contribution in [0.1, 0.15) is 16.8 Å². The van der Waals surface area contributed by atoms with E-state index in [1.165, 1.54) is 18.3 Å². The summed E-state index contributed by atoms with van der Waals surface area (Å²) in [6.07, 6.45) is 1.50. The monoisotopic (exact) mass is 271 g/mol. The molecule has 8 heteroatoms. The molecule has 17 heavy (non-hydrogen) atoms. The molecule has 0 aliphatic carbocycles. The molecule has 0 saturated carbocycles. The number of fused-ring (bicyclic) bond motifs is 1. The summed E-state index contributed by atoms with van der Waals surface area (Å²) in [4.78, 5) is 15.7. The van der Waals surface area contributed by atoms with Crippen molar-refractivity contribution >= 4 is 33.1 Å². The quantitative estimate of drug-likeness (QED) is 0.772. The predicted octanol–water partition coefficient (Wildman–Crippen LogP) is -0.0977. The highest BCUT2D eigenvalue weighted by Crippen LogP contribution is 2.27. The molecule has 1 aliphatic rings. The molecule has 90 valence electrons. The number of thiocarbonyl (C=S) groups is 1. The van der Waals surface area contributed by atoms with Crippen LogP contribution >= 0.6 is 12.2 Å². The van der Waals surface area contributed by atoms with Crippen molar-refractivity contribution in [2.45, 2.75) is 11.4 Å². The van der Waals surface area contributed by atoms with E-state index < -0.39 is 15.9 Å². The maximum Gasteiger partial charge on any atom is 0.285 e. The molecule has 1 aromatic heterocycles. The summed E-state index contributed by atoms with van der Waals surface area (Å²) in [5, 5.41) is -0.201. The van der Waals surface area contributed by atoms with Crippen molar-refractivity contribution < 1.29 is 13.2 Å². The second-order valence-corrected chi connectivity index (χ2v) is 5.76. The van der Waals surface area contributed by atoms with Crippen molar-refractivity contribution in [3.05, 3.63) is 23.9 Å². The molecular formula is C9H9N3O3S2. The van der Waals surface area contributed by atoms with Crippen molar-refractivity contribution in [1.29, 1.82) is 0 Å². The van der Waals surface area contributed by atoms with Crippen LogP contribution in [-0.2, 0) is 10.0 Å². The van der Waals surface area contributed by atoms with E-state index in [9.17, 15) is 13.2 Å². The maximum atomic E-state index is 12.0. The summed E-state index contributed by atoms with van der Waals surface area (Å²) in [6, 6.07) is 2.95. The smallest absolute Gasteiger partial charge is 0.285 e. The Morgan fingerprint density at radius 3 is 2.82 bits per heavy atom. The predicted molar refractivity (Wildman–Crippen MR) is 63.9 cm³/mol. The second kappa shape index (κ2) is 4.04. The standard InChI is InChI=1S/C9H9N3O3S2/c10-7(16)3-5-12-9(13)6-2-1-4-11-8(6)17(12,14)15/h1-2,4H,3,5H2,(H2,10,16). The molecule has 2 N–H and O–H groups in total. The van der Waals surface area contributed by atoms with E-state index in [-0.39, 0.29) is 28.5 Å². The molecule has 2 rings (SSSR count). The highest BCUT2D eigenvalue weighted by Gasteiger charge is 2.41. The Morgan fingerprint density at radius 2 is 2.24 bits per heavy atom. The third-order valence-corrected chi connectivity index (χ3v) is 4.27. The Morgan fingerprint density at radius 1 is 1.53 bits per heavy atom. The van der Waals surface area contributed by atoms with E-state index in [1.54, 1.807) is 0 Å². The molecule has 0 spiro atoms. The molecular weight excluding hydrogens is 262 g/mol. The van der Waals surface area contributed by atoms with Crippen LogP contribution in [0.15, 0.2) is 23.4 Å². The molecule has 0 radical (unpaired) electrons. The number of hydrogen-bond acceptors (Lipinski definition) is 5. The number of carbonyl (C=O) groups excluding carboxylic acids is 1. The zero-order valence-corrected chi connectivity index (χ0v) is 10.3. The lowest BCUT2D eigenvalue weighted by molar-refractivity contribution is 0.0873. The van der Waals surface area contributed by atoms with Gasteiger partial charge in [0.1, 0.15) is 0 Å². The van der Waals surface area contributed by atoms with E-state index >= 15 is 0 Å². The average molecular weight is 271 g/mol. The van der Waals surface area contributed by atoms with Crippen LogP contribution in [0.3, 0.4) is 0 Å². The lowest BCUT2D eigenvalue weighted by Crippen LogP contribution is -2.33. The summed E-state index contributed by atoms with van der Waals surface area (Å²) in [7, 11) is -3.83. The molecule has 0 atom stereocenters. The zero-order chi connectivity index (χ0) is 12.6. The van der Waals surface area contributed by atoms with Crippen LogP contribution in [-0.4, -0.2) is 35.1 Å². The van der Waals surface area contributed by atoms with E-state index in [4.69, 9.17) is 5.73 Å². The van der Waals surface area contributed by atoms with Gasteiger partial charge in [-0.1, -0.05) is 12.2 Å². The summed E-state index contributed by atoms with van der Waals surface area (Å²) in [5.41, 5.74) is 5.39. The SMILES string of the molecule is NC(=S)CCN1C(=O)c2cccnc2S1(=O)=O. The summed E-state index contributed by atoms with van der Waals surface area (Å²) in [5.74, 6) is -0.579. The second-order valence-electron chi connectivity index (χ2n) is 3.45. The Kier molecular flexibility index (Phi) is 2.84. The minimum Gasteiger partial charge on any atom is -0.393 e. The molecule has 0 unspecified atom stereocenters. The molecule has 1 aliphatic heterocycles. The first kappa shape index (κ1) is 11.9. The largest absolute Gasteiger partial charge is 0.393 e. The Labute approximate surface area is 103 Å². The van der Waals surface area contributed by atoms with Gasteiger partial charge in [-0.2, -0.15) is 8.42 Å². The Bertz CT molecular complexity index is 597. The topological polar surface area (TPSA) is 93.4 Å². The number of aromatic nitrogens is 1. The number of carbonyl (C=O) groups is 1. The van der Waals surface area contributed by atoms with Crippen molar-refractivity contribution in [1.82, 2.24) is 9.29 Å². The van der Waals surface area contributed by atoms with Crippen LogP contribution in [0.5, 0.6) is 0 Å². The van der Waals surface area contributed by atoms with Gasteiger partial charge >= 0.3 is 0 Å². The minimum atomic E-state index is -3.83. The number of amides is 1. The molecule has 6 nitrogen and oxygen atoms in total. The highest BCUT2D eigenvalue weighted by molar-refractivity contribution is 7.90. The fourth-order valence-corrected chi connectivity index (χ4v) is 3.12. The van der Waals surface area contributed by atoms with Crippen molar-refractivity contribution in [3.63, 3.8) is 0 Å². The lowest BCUT2D eigenvalue weighted by atomic mass is 10.2. The molecule has 0 saturated heterocycles. The van der Waals surface area contributed by atoms with E-state index in [2.05, 4.69) is 17.2 Å². The molecule has 0 fully saturated rings. The number of nitrogens with two attached hydrogens (primary N) is 1. The Hall–Kier alpha value is -1.54. The molecule has 0 aromatic carbocycles. The van der Waals surface area contributed by atoms with Gasteiger partial charge in [0.05, 0.1) is 10.6 Å². The molecule has 1 amide bonds. The fourth-order valence-electron chi connectivity index (χ4n) is 1.54. The first-order valence-corrected chi connectivity index (χ1v) is 6.60. The van der Waals surface area contributed by atoms with Gasteiger partial charge in [0.15, 0.2) is 5.03 Å². The summed E-state index contributed by atoms with van der Waals surface area (Å²) < 4.78 is 24.7. The molecule has 1 aromatic rings. The van der Waals surface area contributed by atoms with Crippen molar-refractivity contribution in [2.24, 2.45) is 5.73 Å². The number of nitrogens with zero attached hydrogens (tertiary/aromatic N) is 2. The number of hydrogen-bond donors (Lipinski definition) is 1. The number of rotatable bonds is 3. The minimum absolute atomic E-state index is 0.0487. The van der Waals surface area contributed by atoms with Gasteiger partial charge in [0, 0.05) is 19.2 Å². The molecule has 2 heterocycles. The van der Waals surface area contributed by atoms with Gasteiger partial charge in [0.2, 0.25) is 0 Å². The van der Waals surface area contributed by atoms with Gasteiger partial charge in [-0.15, -0.1) is 0 Å². The van der Waals surface area contributed by atoms with Crippen LogP contribution in [0, 0.1) is 0 Å². The number of sulfonamides is 1.